The Morgan fingerprint density at radius 1 is 1.17 bits per heavy atom. The van der Waals surface area contributed by atoms with Gasteiger partial charge in [0.2, 0.25) is 0 Å². The molecular weight excluding hydrogens is 300 g/mol. The molecule has 4 nitrogen and oxygen atoms in total. The van der Waals surface area contributed by atoms with Crippen molar-refractivity contribution < 1.29 is 9.53 Å². The van der Waals surface area contributed by atoms with Crippen molar-refractivity contribution in [1.29, 1.82) is 0 Å². The average Bonchev–Trinajstić information content (AvgIpc) is 2.98. The summed E-state index contributed by atoms with van der Waals surface area (Å²) in [4.78, 5) is 18.1. The molecule has 0 saturated carbocycles. The average molecular weight is 320 g/mol. The third kappa shape index (κ3) is 2.59. The van der Waals surface area contributed by atoms with Crippen molar-refractivity contribution in [3.05, 3.63) is 71.4 Å². The Morgan fingerprint density at radius 2 is 1.92 bits per heavy atom. The van der Waals surface area contributed by atoms with Crippen LogP contribution in [-0.2, 0) is 29.0 Å². The summed E-state index contributed by atoms with van der Waals surface area (Å²) in [5, 5.41) is 1.21. The van der Waals surface area contributed by atoms with Gasteiger partial charge in [-0.15, -0.1) is 0 Å². The molecule has 0 aliphatic carbocycles. The number of ether oxygens (including phenoxy) is 1. The number of hydrogen-bond donors (Lipinski definition) is 1. The van der Waals surface area contributed by atoms with Crippen molar-refractivity contribution in [2.75, 3.05) is 7.11 Å². The van der Waals surface area contributed by atoms with Gasteiger partial charge in [0.25, 0.3) is 0 Å². The van der Waals surface area contributed by atoms with E-state index in [4.69, 9.17) is 4.74 Å². The van der Waals surface area contributed by atoms with Gasteiger partial charge in [0.15, 0.2) is 0 Å². The third-order valence-corrected chi connectivity index (χ3v) is 4.80. The number of methoxy groups -OCH3 is 1. The molecule has 1 N–H and O–H groups in total. The number of fused-ring (bicyclic) bond motifs is 3. The number of hydrogen-bond acceptors (Lipinski definition) is 3. The van der Waals surface area contributed by atoms with Crippen LogP contribution in [0.5, 0.6) is 0 Å². The van der Waals surface area contributed by atoms with E-state index in [2.05, 4.69) is 34.1 Å². The highest BCUT2D eigenvalue weighted by Gasteiger charge is 2.34. The number of nitrogens with zero attached hydrogens (tertiary/aromatic N) is 1. The molecule has 1 aromatic heterocycles. The molecule has 3 aromatic rings. The summed E-state index contributed by atoms with van der Waals surface area (Å²) in [5.74, 6) is -0.165. The summed E-state index contributed by atoms with van der Waals surface area (Å²) in [7, 11) is 1.47. The molecule has 2 aromatic carbocycles. The van der Waals surface area contributed by atoms with Crippen LogP contribution < -0.4 is 0 Å². The smallest absolute Gasteiger partial charge is 0.323 e. The van der Waals surface area contributed by atoms with Gasteiger partial charge in [0.1, 0.15) is 6.04 Å². The van der Waals surface area contributed by atoms with Crippen LogP contribution in [0.15, 0.2) is 54.6 Å². The molecule has 122 valence electrons. The Labute approximate surface area is 141 Å². The molecular formula is C20H20N2O2. The first-order valence-corrected chi connectivity index (χ1v) is 8.20. The minimum absolute atomic E-state index is 0.165. The van der Waals surface area contributed by atoms with Gasteiger partial charge in [-0.25, -0.2) is 0 Å². The number of nitrogens with one attached hydrogen (secondary N) is 1. The Hall–Kier alpha value is -2.59. The maximum atomic E-state index is 12.4. The zero-order chi connectivity index (χ0) is 16.5. The molecule has 0 saturated heterocycles. The number of carbonyl (C=O) groups is 1. The minimum atomic E-state index is -0.248. The molecule has 1 aliphatic heterocycles. The maximum absolute atomic E-state index is 12.4. The Morgan fingerprint density at radius 3 is 2.71 bits per heavy atom. The highest BCUT2D eigenvalue weighted by Crippen LogP contribution is 2.31. The van der Waals surface area contributed by atoms with Gasteiger partial charge in [-0.2, -0.15) is 0 Å². The Kier molecular flexibility index (Phi) is 3.82. The zero-order valence-corrected chi connectivity index (χ0v) is 13.7. The van der Waals surface area contributed by atoms with Crippen LogP contribution in [0.1, 0.15) is 16.8 Å². The van der Waals surface area contributed by atoms with E-state index in [1.54, 1.807) is 0 Å². The van der Waals surface area contributed by atoms with Crippen molar-refractivity contribution in [2.45, 2.75) is 25.6 Å². The van der Waals surface area contributed by atoms with E-state index in [1.165, 1.54) is 29.3 Å². The number of para-hydroxylation sites is 1. The van der Waals surface area contributed by atoms with E-state index < -0.39 is 0 Å². The van der Waals surface area contributed by atoms with Crippen LogP contribution in [0.4, 0.5) is 0 Å². The summed E-state index contributed by atoms with van der Waals surface area (Å²) in [6, 6.07) is 18.3. The third-order valence-electron chi connectivity index (χ3n) is 4.80. The van der Waals surface area contributed by atoms with E-state index in [0.717, 1.165) is 18.6 Å². The summed E-state index contributed by atoms with van der Waals surface area (Å²) < 4.78 is 5.07. The molecule has 0 unspecified atom stereocenters. The highest BCUT2D eigenvalue weighted by molar-refractivity contribution is 5.86. The quantitative estimate of drug-likeness (QED) is 0.753. The number of benzene rings is 2. The van der Waals surface area contributed by atoms with Crippen LogP contribution in [0.25, 0.3) is 10.9 Å². The second-order valence-corrected chi connectivity index (χ2v) is 6.26. The van der Waals surface area contributed by atoms with Gasteiger partial charge in [-0.1, -0.05) is 48.5 Å². The van der Waals surface area contributed by atoms with Gasteiger partial charge in [-0.3, -0.25) is 9.69 Å². The van der Waals surface area contributed by atoms with Crippen molar-refractivity contribution in [2.24, 2.45) is 0 Å². The lowest BCUT2D eigenvalue weighted by molar-refractivity contribution is -0.148. The first-order chi connectivity index (χ1) is 11.8. The largest absolute Gasteiger partial charge is 0.468 e. The predicted octanol–water partition coefficient (Wildman–Crippen LogP) is 3.27. The molecule has 0 bridgehead atoms. The van der Waals surface area contributed by atoms with Crippen LogP contribution >= 0.6 is 0 Å². The number of aromatic amines is 1. The fraction of sp³-hybridized carbons (Fsp3) is 0.250. The van der Waals surface area contributed by atoms with E-state index in [0.29, 0.717) is 6.42 Å². The minimum Gasteiger partial charge on any atom is -0.468 e. The van der Waals surface area contributed by atoms with E-state index in [9.17, 15) is 4.79 Å². The van der Waals surface area contributed by atoms with Gasteiger partial charge in [0, 0.05) is 36.1 Å². The first-order valence-electron chi connectivity index (χ1n) is 8.20. The summed E-state index contributed by atoms with van der Waals surface area (Å²) in [6.07, 6.45) is 0.679. The molecule has 4 heteroatoms. The van der Waals surface area contributed by atoms with Crippen molar-refractivity contribution >= 4 is 16.9 Å². The molecule has 1 atom stereocenters. The fourth-order valence-electron chi connectivity index (χ4n) is 3.61. The van der Waals surface area contributed by atoms with E-state index >= 15 is 0 Å². The molecule has 0 radical (unpaired) electrons. The number of carbonyl (C=O) groups excluding carboxylic acids is 1. The second kappa shape index (κ2) is 6.13. The lowest BCUT2D eigenvalue weighted by atomic mass is 9.96. The summed E-state index contributed by atoms with van der Waals surface area (Å²) in [5.41, 5.74) is 4.77. The molecule has 0 fully saturated rings. The predicted molar refractivity (Wildman–Crippen MR) is 93.5 cm³/mol. The van der Waals surface area contributed by atoms with E-state index in [1.807, 2.05) is 30.3 Å². The molecule has 2 heterocycles. The lowest BCUT2D eigenvalue weighted by Gasteiger charge is -2.33. The van der Waals surface area contributed by atoms with Crippen molar-refractivity contribution in [3.8, 4) is 0 Å². The van der Waals surface area contributed by atoms with Gasteiger partial charge in [0.05, 0.1) is 7.11 Å². The number of H-pyrrole nitrogens is 1. The number of rotatable bonds is 3. The Balaban J connectivity index is 1.71. The van der Waals surface area contributed by atoms with Crippen LogP contribution in [-0.4, -0.2) is 29.0 Å². The molecule has 24 heavy (non-hydrogen) atoms. The van der Waals surface area contributed by atoms with Gasteiger partial charge in [-0.05, 0) is 17.2 Å². The molecule has 1 aliphatic rings. The van der Waals surface area contributed by atoms with Crippen molar-refractivity contribution in [1.82, 2.24) is 9.88 Å². The van der Waals surface area contributed by atoms with E-state index in [-0.39, 0.29) is 12.0 Å². The summed E-state index contributed by atoms with van der Waals surface area (Å²) in [6.45, 7) is 1.45. The van der Waals surface area contributed by atoms with Gasteiger partial charge >= 0.3 is 5.97 Å². The zero-order valence-electron chi connectivity index (χ0n) is 13.7. The SMILES string of the molecule is COC(=O)[C@@H]1Cc2c([nH]c3ccccc23)CN1Cc1ccccc1. The molecule has 0 amide bonds. The highest BCUT2D eigenvalue weighted by atomic mass is 16.5. The topological polar surface area (TPSA) is 45.3 Å². The second-order valence-electron chi connectivity index (χ2n) is 6.26. The number of aromatic nitrogens is 1. The van der Waals surface area contributed by atoms with Gasteiger partial charge < -0.3 is 9.72 Å². The van der Waals surface area contributed by atoms with Crippen molar-refractivity contribution in [3.63, 3.8) is 0 Å². The normalized spacial score (nSPS) is 17.6. The molecule has 4 rings (SSSR count). The standard InChI is InChI=1S/C20H20N2O2/c1-24-20(23)19-11-16-15-9-5-6-10-17(15)21-18(16)13-22(19)12-14-7-3-2-4-8-14/h2-10,19,21H,11-13H2,1H3/t19-/m0/s1. The van der Waals surface area contributed by atoms with Crippen LogP contribution in [0.2, 0.25) is 0 Å². The monoisotopic (exact) mass is 320 g/mol. The lowest BCUT2D eigenvalue weighted by Crippen LogP contribution is -2.45. The Bertz CT molecular complexity index is 870. The number of esters is 1. The van der Waals surface area contributed by atoms with Crippen LogP contribution in [0, 0.1) is 0 Å². The summed E-state index contributed by atoms with van der Waals surface area (Å²) >= 11 is 0. The maximum Gasteiger partial charge on any atom is 0.323 e. The molecule has 0 spiro atoms. The fourth-order valence-corrected chi connectivity index (χ4v) is 3.61. The first kappa shape index (κ1) is 15.0. The van der Waals surface area contributed by atoms with Crippen LogP contribution in [0.3, 0.4) is 0 Å².